The van der Waals surface area contributed by atoms with Crippen LogP contribution in [-0.4, -0.2) is 29.7 Å². The number of fused-ring (bicyclic) bond motifs is 1. The third-order valence-corrected chi connectivity index (χ3v) is 6.15. The fourth-order valence-corrected chi connectivity index (χ4v) is 4.73. The van der Waals surface area contributed by atoms with Gasteiger partial charge in [0, 0.05) is 22.7 Å². The Morgan fingerprint density at radius 2 is 1.92 bits per heavy atom. The quantitative estimate of drug-likeness (QED) is 0.714. The van der Waals surface area contributed by atoms with Gasteiger partial charge in [0.1, 0.15) is 4.87 Å². The Morgan fingerprint density at radius 3 is 2.73 bits per heavy atom. The second kappa shape index (κ2) is 6.21. The van der Waals surface area contributed by atoms with E-state index in [0.29, 0.717) is 17.0 Å². The van der Waals surface area contributed by atoms with Crippen LogP contribution < -0.4 is 4.90 Å². The Labute approximate surface area is 155 Å². The number of aromatic nitrogens is 1. The second-order valence-corrected chi connectivity index (χ2v) is 7.63. The lowest BCUT2D eigenvalue weighted by atomic mass is 10.0. The fraction of sp³-hybridized carbons (Fsp3) is 0.200. The molecule has 5 nitrogen and oxygen atoms in total. The molecular weight excluding hydrogens is 348 g/mol. The SMILES string of the molecule is COC(=O)c1ccccc1N1C(=O)CSC1(C)c1c[nH]c2ccccc12. The minimum Gasteiger partial charge on any atom is -0.465 e. The molecule has 1 fully saturated rings. The number of benzene rings is 2. The molecule has 0 saturated carbocycles. The molecule has 1 aliphatic heterocycles. The number of anilines is 1. The predicted octanol–water partition coefficient (Wildman–Crippen LogP) is 3.91. The summed E-state index contributed by atoms with van der Waals surface area (Å²) in [4.78, 5) is 29.4. The van der Waals surface area contributed by atoms with E-state index in [1.165, 1.54) is 7.11 Å². The summed E-state index contributed by atoms with van der Waals surface area (Å²) in [6.07, 6.45) is 1.95. The zero-order valence-electron chi connectivity index (χ0n) is 14.5. The van der Waals surface area contributed by atoms with Gasteiger partial charge in [0.25, 0.3) is 0 Å². The van der Waals surface area contributed by atoms with Gasteiger partial charge in [-0.3, -0.25) is 9.69 Å². The average Bonchev–Trinajstić information content (AvgIpc) is 3.23. The summed E-state index contributed by atoms with van der Waals surface area (Å²) >= 11 is 1.56. The number of H-pyrrole nitrogens is 1. The summed E-state index contributed by atoms with van der Waals surface area (Å²) in [5.74, 6) is -0.128. The topological polar surface area (TPSA) is 62.4 Å². The van der Waals surface area contributed by atoms with E-state index in [2.05, 4.69) is 4.98 Å². The number of amides is 1. The zero-order valence-corrected chi connectivity index (χ0v) is 15.3. The van der Waals surface area contributed by atoms with Crippen LogP contribution in [0.3, 0.4) is 0 Å². The Morgan fingerprint density at radius 1 is 1.19 bits per heavy atom. The van der Waals surface area contributed by atoms with Crippen molar-refractivity contribution in [1.82, 2.24) is 4.98 Å². The van der Waals surface area contributed by atoms with Gasteiger partial charge in [-0.15, -0.1) is 11.8 Å². The number of rotatable bonds is 3. The van der Waals surface area contributed by atoms with Crippen molar-refractivity contribution in [2.75, 3.05) is 17.8 Å². The summed E-state index contributed by atoms with van der Waals surface area (Å²) in [6, 6.07) is 15.1. The van der Waals surface area contributed by atoms with Crippen LogP contribution in [-0.2, 0) is 14.4 Å². The van der Waals surface area contributed by atoms with Gasteiger partial charge < -0.3 is 9.72 Å². The molecular formula is C20H18N2O3S. The van der Waals surface area contributed by atoms with Crippen molar-refractivity contribution in [2.24, 2.45) is 0 Å². The molecule has 2 aromatic carbocycles. The molecule has 4 rings (SSSR count). The second-order valence-electron chi connectivity index (χ2n) is 6.26. The molecule has 1 N–H and O–H groups in total. The van der Waals surface area contributed by atoms with E-state index < -0.39 is 10.8 Å². The molecule has 1 atom stereocenters. The lowest BCUT2D eigenvalue weighted by Gasteiger charge is -2.35. The molecule has 2 heterocycles. The number of para-hydroxylation sites is 2. The smallest absolute Gasteiger partial charge is 0.339 e. The van der Waals surface area contributed by atoms with Crippen molar-refractivity contribution >= 4 is 40.2 Å². The number of hydrogen-bond acceptors (Lipinski definition) is 4. The molecule has 1 saturated heterocycles. The molecule has 6 heteroatoms. The lowest BCUT2D eigenvalue weighted by molar-refractivity contribution is -0.116. The predicted molar refractivity (Wildman–Crippen MR) is 103 cm³/mol. The van der Waals surface area contributed by atoms with Gasteiger partial charge in [-0.05, 0) is 25.1 Å². The van der Waals surface area contributed by atoms with E-state index in [1.54, 1.807) is 34.9 Å². The maximum Gasteiger partial charge on any atom is 0.339 e. The molecule has 1 aromatic heterocycles. The van der Waals surface area contributed by atoms with Gasteiger partial charge in [0.2, 0.25) is 5.91 Å². The largest absolute Gasteiger partial charge is 0.465 e. The Bertz CT molecular complexity index is 1010. The molecule has 1 unspecified atom stereocenters. The minimum atomic E-state index is -0.624. The molecule has 3 aromatic rings. The highest BCUT2D eigenvalue weighted by Crippen LogP contribution is 2.49. The van der Waals surface area contributed by atoms with E-state index in [0.717, 1.165) is 16.5 Å². The first-order valence-corrected chi connectivity index (χ1v) is 9.26. The minimum absolute atomic E-state index is 0.0286. The number of nitrogens with zero attached hydrogens (tertiary/aromatic N) is 1. The van der Waals surface area contributed by atoms with Crippen LogP contribution in [0.1, 0.15) is 22.8 Å². The van der Waals surface area contributed by atoms with E-state index >= 15 is 0 Å². The van der Waals surface area contributed by atoms with Crippen LogP contribution in [0.15, 0.2) is 54.7 Å². The first-order valence-electron chi connectivity index (χ1n) is 8.27. The van der Waals surface area contributed by atoms with Crippen LogP contribution in [0.5, 0.6) is 0 Å². The standard InChI is InChI=1S/C20H18N2O3S/c1-20(15-11-21-16-9-5-3-7-13(15)16)22(18(23)12-26-20)17-10-6-4-8-14(17)19(24)25-2/h3-11,21H,12H2,1-2H3. The van der Waals surface area contributed by atoms with Crippen LogP contribution >= 0.6 is 11.8 Å². The van der Waals surface area contributed by atoms with Crippen LogP contribution in [0.4, 0.5) is 5.69 Å². The highest BCUT2D eigenvalue weighted by atomic mass is 32.2. The number of ether oxygens (including phenoxy) is 1. The van der Waals surface area contributed by atoms with Gasteiger partial charge in [0.05, 0.1) is 24.1 Å². The number of nitrogens with one attached hydrogen (secondary N) is 1. The van der Waals surface area contributed by atoms with Crippen molar-refractivity contribution in [3.05, 3.63) is 65.9 Å². The van der Waals surface area contributed by atoms with E-state index in [-0.39, 0.29) is 5.91 Å². The molecule has 132 valence electrons. The van der Waals surface area contributed by atoms with Crippen molar-refractivity contribution in [3.8, 4) is 0 Å². The third-order valence-electron chi connectivity index (χ3n) is 4.79. The lowest BCUT2D eigenvalue weighted by Crippen LogP contribution is -2.41. The van der Waals surface area contributed by atoms with Gasteiger partial charge in [0.15, 0.2) is 0 Å². The highest BCUT2D eigenvalue weighted by Gasteiger charge is 2.47. The molecule has 1 amide bonds. The first kappa shape index (κ1) is 16.7. The first-order chi connectivity index (χ1) is 12.6. The number of esters is 1. The van der Waals surface area contributed by atoms with Crippen molar-refractivity contribution in [3.63, 3.8) is 0 Å². The number of hydrogen-bond donors (Lipinski definition) is 1. The summed E-state index contributed by atoms with van der Waals surface area (Å²) in [5, 5.41) is 1.07. The maximum atomic E-state index is 12.8. The van der Waals surface area contributed by atoms with E-state index in [4.69, 9.17) is 4.74 Å². The summed E-state index contributed by atoms with van der Waals surface area (Å²) in [6.45, 7) is 2.02. The van der Waals surface area contributed by atoms with Crippen molar-refractivity contribution in [1.29, 1.82) is 0 Å². The molecule has 0 aliphatic carbocycles. The van der Waals surface area contributed by atoms with Gasteiger partial charge in [-0.2, -0.15) is 0 Å². The summed E-state index contributed by atoms with van der Waals surface area (Å²) in [7, 11) is 1.35. The molecule has 1 aliphatic rings. The normalized spacial score (nSPS) is 19.9. The summed E-state index contributed by atoms with van der Waals surface area (Å²) < 4.78 is 4.91. The highest BCUT2D eigenvalue weighted by molar-refractivity contribution is 8.01. The molecule has 26 heavy (non-hydrogen) atoms. The van der Waals surface area contributed by atoms with Crippen LogP contribution in [0, 0.1) is 0 Å². The molecule has 0 radical (unpaired) electrons. The Kier molecular flexibility index (Phi) is 4.00. The number of methoxy groups -OCH3 is 1. The van der Waals surface area contributed by atoms with Crippen LogP contribution in [0.25, 0.3) is 10.9 Å². The fourth-order valence-electron chi connectivity index (χ4n) is 3.54. The monoisotopic (exact) mass is 366 g/mol. The maximum absolute atomic E-state index is 12.8. The molecule has 0 bridgehead atoms. The number of carbonyl (C=O) groups is 2. The Balaban J connectivity index is 1.91. The van der Waals surface area contributed by atoms with Gasteiger partial charge in [-0.1, -0.05) is 30.3 Å². The average molecular weight is 366 g/mol. The number of aromatic amines is 1. The van der Waals surface area contributed by atoms with Gasteiger partial charge >= 0.3 is 5.97 Å². The van der Waals surface area contributed by atoms with Crippen molar-refractivity contribution < 1.29 is 14.3 Å². The molecule has 0 spiro atoms. The Hall–Kier alpha value is -2.73. The van der Waals surface area contributed by atoms with E-state index in [9.17, 15) is 9.59 Å². The zero-order chi connectivity index (χ0) is 18.3. The number of thioether (sulfide) groups is 1. The third kappa shape index (κ3) is 2.41. The summed E-state index contributed by atoms with van der Waals surface area (Å²) in [5.41, 5.74) is 2.99. The van der Waals surface area contributed by atoms with Gasteiger partial charge in [-0.25, -0.2) is 4.79 Å². The number of carbonyl (C=O) groups excluding carboxylic acids is 2. The van der Waals surface area contributed by atoms with Crippen molar-refractivity contribution in [2.45, 2.75) is 11.8 Å². The van der Waals surface area contributed by atoms with Crippen LogP contribution in [0.2, 0.25) is 0 Å². The van der Waals surface area contributed by atoms with E-state index in [1.807, 2.05) is 43.5 Å².